The van der Waals surface area contributed by atoms with Crippen molar-refractivity contribution in [2.24, 2.45) is 0 Å². The Morgan fingerprint density at radius 2 is 1.95 bits per heavy atom. The van der Waals surface area contributed by atoms with E-state index in [0.29, 0.717) is 18.5 Å². The number of carbonyl (C=O) groups is 2. The third-order valence-corrected chi connectivity index (χ3v) is 4.72. The highest BCUT2D eigenvalue weighted by atomic mass is 32.1. The first-order valence-electron chi connectivity index (χ1n) is 6.73. The van der Waals surface area contributed by atoms with Crippen LogP contribution in [0.1, 0.15) is 39.3 Å². The van der Waals surface area contributed by atoms with Crippen LogP contribution < -0.4 is 10.2 Å². The molecule has 1 atom stereocenters. The van der Waals surface area contributed by atoms with Crippen LogP contribution in [0.2, 0.25) is 0 Å². The maximum absolute atomic E-state index is 12.7. The van der Waals surface area contributed by atoms with Crippen LogP contribution in [0.15, 0.2) is 10.2 Å². The molecule has 7 heteroatoms. The third-order valence-electron chi connectivity index (χ3n) is 4.00. The van der Waals surface area contributed by atoms with Gasteiger partial charge in [0, 0.05) is 11.1 Å². The molecule has 2 amide bonds. The molecule has 1 saturated heterocycles. The minimum atomic E-state index is -0.820. The molecule has 0 aromatic carbocycles. The highest BCUT2D eigenvalue weighted by Crippen LogP contribution is 2.26. The van der Waals surface area contributed by atoms with Gasteiger partial charge < -0.3 is 15.2 Å². The number of hydrogen-bond donors (Lipinski definition) is 2. The van der Waals surface area contributed by atoms with Gasteiger partial charge in [-0.05, 0) is 19.8 Å². The molecule has 20 heavy (non-hydrogen) atoms. The van der Waals surface area contributed by atoms with E-state index in [2.05, 4.69) is 10.3 Å². The number of H-pyrrole nitrogens is 1. The van der Waals surface area contributed by atoms with E-state index in [9.17, 15) is 14.4 Å². The van der Waals surface area contributed by atoms with Gasteiger partial charge >= 0.3 is 4.87 Å². The van der Waals surface area contributed by atoms with Crippen molar-refractivity contribution < 1.29 is 9.59 Å². The van der Waals surface area contributed by atoms with Gasteiger partial charge in [-0.3, -0.25) is 14.4 Å². The van der Waals surface area contributed by atoms with Gasteiger partial charge in [0.05, 0.1) is 6.54 Å². The van der Waals surface area contributed by atoms with Gasteiger partial charge in [-0.2, -0.15) is 0 Å². The van der Waals surface area contributed by atoms with E-state index in [1.807, 2.05) is 13.8 Å². The summed E-state index contributed by atoms with van der Waals surface area (Å²) in [4.78, 5) is 40.1. The fourth-order valence-electron chi connectivity index (χ4n) is 2.50. The Balaban J connectivity index is 2.31. The minimum Gasteiger partial charge on any atom is -0.340 e. The highest BCUT2D eigenvalue weighted by molar-refractivity contribution is 7.07. The molecule has 1 aromatic heterocycles. The zero-order valence-electron chi connectivity index (χ0n) is 11.9. The van der Waals surface area contributed by atoms with E-state index < -0.39 is 11.6 Å². The van der Waals surface area contributed by atoms with Gasteiger partial charge in [0.25, 0.3) is 0 Å². The number of thiazole rings is 1. The molecular formula is C13H19N3O3S. The number of nitrogens with one attached hydrogen (secondary N) is 2. The number of amides is 2. The van der Waals surface area contributed by atoms with E-state index in [4.69, 9.17) is 0 Å². The van der Waals surface area contributed by atoms with E-state index in [1.54, 1.807) is 17.2 Å². The van der Waals surface area contributed by atoms with Crippen molar-refractivity contribution in [1.82, 2.24) is 15.2 Å². The maximum atomic E-state index is 12.7. The summed E-state index contributed by atoms with van der Waals surface area (Å²) < 4.78 is 0. The molecule has 1 fully saturated rings. The maximum Gasteiger partial charge on any atom is 0.304 e. The van der Waals surface area contributed by atoms with E-state index in [1.165, 1.54) is 0 Å². The lowest BCUT2D eigenvalue weighted by Crippen LogP contribution is -2.69. The van der Waals surface area contributed by atoms with Crippen LogP contribution in [-0.4, -0.2) is 33.3 Å². The molecule has 0 bridgehead atoms. The van der Waals surface area contributed by atoms with Crippen LogP contribution in [-0.2, 0) is 16.1 Å². The van der Waals surface area contributed by atoms with Crippen molar-refractivity contribution in [3.63, 3.8) is 0 Å². The number of aromatic amines is 1. The summed E-state index contributed by atoms with van der Waals surface area (Å²) in [5, 5.41) is 4.54. The lowest BCUT2D eigenvalue weighted by molar-refractivity contribution is -0.155. The number of rotatable bonds is 4. The van der Waals surface area contributed by atoms with Crippen LogP contribution in [0.25, 0.3) is 0 Å². The summed E-state index contributed by atoms with van der Waals surface area (Å²) in [6.07, 6.45) is 1.11. The van der Waals surface area contributed by atoms with E-state index in [-0.39, 0.29) is 23.2 Å². The quantitative estimate of drug-likeness (QED) is 0.864. The zero-order chi connectivity index (χ0) is 14.9. The second-order valence-electron chi connectivity index (χ2n) is 5.06. The molecule has 2 N–H and O–H groups in total. The first-order chi connectivity index (χ1) is 9.43. The minimum absolute atomic E-state index is 0.0818. The Hall–Kier alpha value is -1.63. The van der Waals surface area contributed by atoms with Crippen LogP contribution in [0, 0.1) is 0 Å². The van der Waals surface area contributed by atoms with Crippen LogP contribution in [0.5, 0.6) is 0 Å². The summed E-state index contributed by atoms with van der Waals surface area (Å²) >= 11 is 1.06. The molecule has 0 aliphatic carbocycles. The largest absolute Gasteiger partial charge is 0.340 e. The summed E-state index contributed by atoms with van der Waals surface area (Å²) in [6, 6.07) is -0.530. The predicted octanol–water partition coefficient (Wildman–Crippen LogP) is 0.842. The second kappa shape index (κ2) is 5.40. The van der Waals surface area contributed by atoms with Gasteiger partial charge in [-0.25, -0.2) is 0 Å². The second-order valence-corrected chi connectivity index (χ2v) is 5.90. The number of hydrogen-bond acceptors (Lipinski definition) is 4. The fourth-order valence-corrected chi connectivity index (χ4v) is 3.07. The standard InChI is InChI=1S/C13H19N3O3S/c1-4-13(5-2)11(18)16(8(3)10(17)15-13)6-9-7-20-12(19)14-9/h7-8H,4-6H2,1-3H3,(H,14,19)(H,15,17). The first kappa shape index (κ1) is 14.8. The average Bonchev–Trinajstić information content (AvgIpc) is 2.84. The number of piperazine rings is 1. The van der Waals surface area contributed by atoms with Crippen molar-refractivity contribution >= 4 is 23.2 Å². The average molecular weight is 297 g/mol. The third kappa shape index (κ3) is 2.37. The predicted molar refractivity (Wildman–Crippen MR) is 76.4 cm³/mol. The lowest BCUT2D eigenvalue weighted by Gasteiger charge is -2.44. The van der Waals surface area contributed by atoms with Gasteiger partial charge in [0.2, 0.25) is 11.8 Å². The summed E-state index contributed by atoms with van der Waals surface area (Å²) in [5.41, 5.74) is -0.157. The van der Waals surface area contributed by atoms with Crippen molar-refractivity contribution in [1.29, 1.82) is 0 Å². The van der Waals surface area contributed by atoms with Crippen LogP contribution in [0.4, 0.5) is 0 Å². The summed E-state index contributed by atoms with van der Waals surface area (Å²) in [6.45, 7) is 5.74. The molecule has 6 nitrogen and oxygen atoms in total. The first-order valence-corrected chi connectivity index (χ1v) is 7.61. The molecule has 1 aromatic rings. The molecule has 0 saturated carbocycles. The molecular weight excluding hydrogens is 278 g/mol. The van der Waals surface area contributed by atoms with Crippen LogP contribution >= 0.6 is 11.3 Å². The molecule has 0 radical (unpaired) electrons. The molecule has 110 valence electrons. The Morgan fingerprint density at radius 1 is 1.30 bits per heavy atom. The monoisotopic (exact) mass is 297 g/mol. The van der Waals surface area contributed by atoms with Gasteiger partial charge in [-0.1, -0.05) is 25.2 Å². The lowest BCUT2D eigenvalue weighted by atomic mass is 9.87. The summed E-state index contributed by atoms with van der Waals surface area (Å²) in [5.74, 6) is -0.229. The zero-order valence-corrected chi connectivity index (χ0v) is 12.7. The Bertz CT molecular complexity index is 573. The number of carbonyl (C=O) groups excluding carboxylic acids is 2. The van der Waals surface area contributed by atoms with Gasteiger partial charge in [0.15, 0.2) is 0 Å². The van der Waals surface area contributed by atoms with Crippen molar-refractivity contribution in [2.45, 2.75) is 51.7 Å². The highest BCUT2D eigenvalue weighted by Gasteiger charge is 2.47. The molecule has 0 spiro atoms. The fraction of sp³-hybridized carbons (Fsp3) is 0.615. The SMILES string of the molecule is CCC1(CC)NC(=O)C(C)N(Cc2csc(=O)[nH]2)C1=O. The summed E-state index contributed by atoms with van der Waals surface area (Å²) in [7, 11) is 0. The van der Waals surface area contributed by atoms with Gasteiger partial charge in [-0.15, -0.1) is 0 Å². The molecule has 1 aliphatic heterocycles. The molecule has 2 rings (SSSR count). The Labute approximate surface area is 121 Å². The molecule has 1 aliphatic rings. The van der Waals surface area contributed by atoms with Crippen molar-refractivity contribution in [2.75, 3.05) is 0 Å². The number of aromatic nitrogens is 1. The van der Waals surface area contributed by atoms with E-state index >= 15 is 0 Å². The Morgan fingerprint density at radius 3 is 2.45 bits per heavy atom. The molecule has 2 heterocycles. The van der Waals surface area contributed by atoms with E-state index in [0.717, 1.165) is 11.3 Å². The van der Waals surface area contributed by atoms with Crippen molar-refractivity contribution in [3.8, 4) is 0 Å². The number of nitrogens with zero attached hydrogens (tertiary/aromatic N) is 1. The smallest absolute Gasteiger partial charge is 0.304 e. The topological polar surface area (TPSA) is 82.3 Å². The van der Waals surface area contributed by atoms with Crippen molar-refractivity contribution in [3.05, 3.63) is 20.7 Å². The molecule has 1 unspecified atom stereocenters. The normalized spacial score (nSPS) is 21.9. The van der Waals surface area contributed by atoms with Gasteiger partial charge in [0.1, 0.15) is 11.6 Å². The van der Waals surface area contributed by atoms with Crippen LogP contribution in [0.3, 0.4) is 0 Å². The Kier molecular flexibility index (Phi) is 3.99.